The number of nitrogens with one attached hydrogen (secondary N) is 1. The molecule has 1 aromatic rings. The van der Waals surface area contributed by atoms with Crippen molar-refractivity contribution in [3.63, 3.8) is 0 Å². The molecule has 0 unspecified atom stereocenters. The third-order valence-electron chi connectivity index (χ3n) is 3.94. The van der Waals surface area contributed by atoms with Crippen molar-refractivity contribution in [2.24, 2.45) is 22.2 Å². The lowest BCUT2D eigenvalue weighted by molar-refractivity contribution is -0.127. The van der Waals surface area contributed by atoms with Crippen molar-refractivity contribution >= 4 is 33.4 Å². The molecule has 7 heteroatoms. The summed E-state index contributed by atoms with van der Waals surface area (Å²) in [5, 5.41) is 14.6. The summed E-state index contributed by atoms with van der Waals surface area (Å²) in [6.07, 6.45) is 1.01. The van der Waals surface area contributed by atoms with Crippen molar-refractivity contribution in [1.82, 2.24) is 0 Å². The van der Waals surface area contributed by atoms with Crippen LogP contribution < -0.4 is 11.1 Å². The first kappa shape index (κ1) is 15.8. The van der Waals surface area contributed by atoms with Crippen molar-refractivity contribution in [3.05, 3.63) is 28.0 Å². The molecule has 1 aliphatic carbocycles. The molecule has 0 spiro atoms. The van der Waals surface area contributed by atoms with Gasteiger partial charge in [-0.25, -0.2) is 4.39 Å². The van der Waals surface area contributed by atoms with Crippen molar-refractivity contribution in [2.75, 3.05) is 5.32 Å². The number of hydrogen-bond acceptors (Lipinski definition) is 3. The maximum absolute atomic E-state index is 13.6. The van der Waals surface area contributed by atoms with Gasteiger partial charge in [0.15, 0.2) is 5.84 Å². The Hall–Kier alpha value is -1.63. The van der Waals surface area contributed by atoms with E-state index in [9.17, 15) is 9.18 Å². The molecule has 1 fully saturated rings. The standard InChI is InChI=1S/C14H17BrFN3O2/c1-7-5-14(6-7,12(17)19-21)13(20)18-11-4-10(16)9(15)3-8(11)2/h3-4,7,21H,5-6H2,1-2H3,(H2,17,19)(H,18,20). The Morgan fingerprint density at radius 3 is 2.71 bits per heavy atom. The number of nitrogens with zero attached hydrogens (tertiary/aromatic N) is 1. The van der Waals surface area contributed by atoms with Crippen LogP contribution in [0.2, 0.25) is 0 Å². The molecule has 4 N–H and O–H groups in total. The van der Waals surface area contributed by atoms with Crippen LogP contribution in [0.1, 0.15) is 25.3 Å². The number of rotatable bonds is 3. The molecule has 0 heterocycles. The van der Waals surface area contributed by atoms with Crippen molar-refractivity contribution in [2.45, 2.75) is 26.7 Å². The average Bonchev–Trinajstić information content (AvgIpc) is 2.39. The summed E-state index contributed by atoms with van der Waals surface area (Å²) in [6, 6.07) is 2.84. The number of aryl methyl sites for hydroxylation is 1. The van der Waals surface area contributed by atoms with E-state index in [0.717, 1.165) is 5.56 Å². The van der Waals surface area contributed by atoms with Crippen LogP contribution in [0.15, 0.2) is 21.8 Å². The monoisotopic (exact) mass is 357 g/mol. The SMILES string of the molecule is Cc1cc(Br)c(F)cc1NC(=O)C1(/C(N)=N/O)CC(C)C1. The number of carbonyl (C=O) groups is 1. The van der Waals surface area contributed by atoms with E-state index in [1.165, 1.54) is 6.07 Å². The molecule has 0 radical (unpaired) electrons. The predicted molar refractivity (Wildman–Crippen MR) is 81.7 cm³/mol. The number of halogens is 2. The predicted octanol–water partition coefficient (Wildman–Crippen LogP) is 3.00. The van der Waals surface area contributed by atoms with Gasteiger partial charge in [0, 0.05) is 5.69 Å². The third kappa shape index (κ3) is 2.74. The number of amidine groups is 1. The fourth-order valence-electron chi connectivity index (χ4n) is 2.76. The van der Waals surface area contributed by atoms with Crippen LogP contribution in [0.3, 0.4) is 0 Å². The first-order chi connectivity index (χ1) is 9.80. The lowest BCUT2D eigenvalue weighted by Gasteiger charge is -2.43. The van der Waals surface area contributed by atoms with Gasteiger partial charge in [0.05, 0.1) is 4.47 Å². The molecular formula is C14H17BrFN3O2. The van der Waals surface area contributed by atoms with Crippen LogP contribution in [-0.2, 0) is 4.79 Å². The first-order valence-corrected chi connectivity index (χ1v) is 7.34. The van der Waals surface area contributed by atoms with Crippen LogP contribution in [0, 0.1) is 24.1 Å². The Morgan fingerprint density at radius 1 is 1.57 bits per heavy atom. The quantitative estimate of drug-likeness (QED) is 0.336. The van der Waals surface area contributed by atoms with E-state index in [2.05, 4.69) is 26.4 Å². The van der Waals surface area contributed by atoms with Crippen LogP contribution in [0.5, 0.6) is 0 Å². The minimum atomic E-state index is -1.01. The topological polar surface area (TPSA) is 87.7 Å². The van der Waals surface area contributed by atoms with E-state index in [0.29, 0.717) is 28.9 Å². The molecule has 2 rings (SSSR count). The van der Waals surface area contributed by atoms with Crippen LogP contribution in [-0.4, -0.2) is 17.0 Å². The normalized spacial score (nSPS) is 25.3. The summed E-state index contributed by atoms with van der Waals surface area (Å²) in [4.78, 5) is 12.5. The summed E-state index contributed by atoms with van der Waals surface area (Å²) >= 11 is 3.09. The van der Waals surface area contributed by atoms with Gasteiger partial charge in [0.1, 0.15) is 11.2 Å². The molecular weight excluding hydrogens is 341 g/mol. The van der Waals surface area contributed by atoms with E-state index in [-0.39, 0.29) is 11.7 Å². The summed E-state index contributed by atoms with van der Waals surface area (Å²) in [5.74, 6) is -0.622. The zero-order valence-electron chi connectivity index (χ0n) is 11.8. The number of hydrogen-bond donors (Lipinski definition) is 3. The minimum Gasteiger partial charge on any atom is -0.409 e. The van der Waals surface area contributed by atoms with Crippen molar-refractivity contribution < 1.29 is 14.4 Å². The summed E-state index contributed by atoms with van der Waals surface area (Å²) in [7, 11) is 0. The van der Waals surface area contributed by atoms with Gasteiger partial charge in [-0.05, 0) is 59.3 Å². The Bertz CT molecular complexity index is 612. The molecule has 21 heavy (non-hydrogen) atoms. The maximum atomic E-state index is 13.6. The number of oxime groups is 1. The lowest BCUT2D eigenvalue weighted by Crippen LogP contribution is -2.54. The van der Waals surface area contributed by atoms with Crippen LogP contribution in [0.4, 0.5) is 10.1 Å². The molecule has 0 saturated heterocycles. The number of anilines is 1. The first-order valence-electron chi connectivity index (χ1n) is 6.55. The average molecular weight is 358 g/mol. The van der Waals surface area contributed by atoms with E-state index < -0.39 is 11.2 Å². The largest absolute Gasteiger partial charge is 0.409 e. The molecule has 0 atom stereocenters. The molecule has 0 bridgehead atoms. The van der Waals surface area contributed by atoms with Gasteiger partial charge in [-0.15, -0.1) is 0 Å². The highest BCUT2D eigenvalue weighted by molar-refractivity contribution is 9.10. The van der Waals surface area contributed by atoms with E-state index in [1.807, 2.05) is 6.92 Å². The Balaban J connectivity index is 2.27. The molecule has 114 valence electrons. The van der Waals surface area contributed by atoms with Gasteiger partial charge in [-0.3, -0.25) is 4.79 Å². The highest BCUT2D eigenvalue weighted by Gasteiger charge is 2.52. The van der Waals surface area contributed by atoms with Gasteiger partial charge < -0.3 is 16.3 Å². The Labute approximate surface area is 130 Å². The highest BCUT2D eigenvalue weighted by atomic mass is 79.9. The number of amides is 1. The summed E-state index contributed by atoms with van der Waals surface area (Å²) < 4.78 is 13.9. The Kier molecular flexibility index (Phi) is 4.22. The second kappa shape index (κ2) is 5.63. The van der Waals surface area contributed by atoms with Crippen LogP contribution >= 0.6 is 15.9 Å². The molecule has 0 aliphatic heterocycles. The molecule has 1 aliphatic rings. The molecule has 1 aromatic carbocycles. The minimum absolute atomic E-state index is 0.103. The van der Waals surface area contributed by atoms with E-state index in [4.69, 9.17) is 10.9 Å². The molecule has 0 aromatic heterocycles. The second-order valence-electron chi connectivity index (χ2n) is 5.62. The number of benzene rings is 1. The zero-order chi connectivity index (χ0) is 15.8. The van der Waals surface area contributed by atoms with E-state index >= 15 is 0 Å². The second-order valence-corrected chi connectivity index (χ2v) is 6.47. The summed E-state index contributed by atoms with van der Waals surface area (Å²) in [6.45, 7) is 3.75. The van der Waals surface area contributed by atoms with Crippen molar-refractivity contribution in [3.8, 4) is 0 Å². The third-order valence-corrected chi connectivity index (χ3v) is 4.55. The maximum Gasteiger partial charge on any atom is 0.238 e. The smallest absolute Gasteiger partial charge is 0.238 e. The zero-order valence-corrected chi connectivity index (χ0v) is 13.4. The van der Waals surface area contributed by atoms with Gasteiger partial charge >= 0.3 is 0 Å². The molecule has 1 saturated carbocycles. The fourth-order valence-corrected chi connectivity index (χ4v) is 3.22. The number of nitrogens with two attached hydrogens (primary N) is 1. The lowest BCUT2D eigenvalue weighted by atomic mass is 9.61. The van der Waals surface area contributed by atoms with Gasteiger partial charge in [0.2, 0.25) is 5.91 Å². The highest BCUT2D eigenvalue weighted by Crippen LogP contribution is 2.46. The number of carbonyl (C=O) groups excluding carboxylic acids is 1. The molecule has 5 nitrogen and oxygen atoms in total. The fraction of sp³-hybridized carbons (Fsp3) is 0.429. The Morgan fingerprint density at radius 2 is 2.19 bits per heavy atom. The van der Waals surface area contributed by atoms with Gasteiger partial charge in [-0.2, -0.15) is 0 Å². The molecule has 1 amide bonds. The van der Waals surface area contributed by atoms with Crippen LogP contribution in [0.25, 0.3) is 0 Å². The van der Waals surface area contributed by atoms with Crippen molar-refractivity contribution in [1.29, 1.82) is 0 Å². The van der Waals surface area contributed by atoms with E-state index in [1.54, 1.807) is 13.0 Å². The van der Waals surface area contributed by atoms with Gasteiger partial charge in [-0.1, -0.05) is 12.1 Å². The summed E-state index contributed by atoms with van der Waals surface area (Å²) in [5.41, 5.74) is 5.77. The van der Waals surface area contributed by atoms with Gasteiger partial charge in [0.25, 0.3) is 0 Å².